The van der Waals surface area contributed by atoms with Gasteiger partial charge >= 0.3 is 0 Å². The standard InChI is InChI=1S/C14H21NO2/c1-10(2)5-6-15-9-12-8-13(17-4)7-11(3)14(12)16/h7-10,16H,5-6H2,1-4H3. The van der Waals surface area contributed by atoms with Gasteiger partial charge in [0, 0.05) is 18.3 Å². The molecule has 0 bridgehead atoms. The summed E-state index contributed by atoms with van der Waals surface area (Å²) in [7, 11) is 1.62. The molecule has 17 heavy (non-hydrogen) atoms. The molecule has 0 heterocycles. The highest BCUT2D eigenvalue weighted by Gasteiger charge is 2.05. The van der Waals surface area contributed by atoms with Crippen LogP contribution in [-0.2, 0) is 0 Å². The topological polar surface area (TPSA) is 41.8 Å². The van der Waals surface area contributed by atoms with Gasteiger partial charge in [-0.25, -0.2) is 0 Å². The van der Waals surface area contributed by atoms with Crippen LogP contribution in [0.2, 0.25) is 0 Å². The minimum atomic E-state index is 0.277. The van der Waals surface area contributed by atoms with E-state index in [4.69, 9.17) is 4.74 Å². The number of hydrogen-bond acceptors (Lipinski definition) is 3. The van der Waals surface area contributed by atoms with E-state index in [1.54, 1.807) is 25.5 Å². The molecule has 0 unspecified atom stereocenters. The van der Waals surface area contributed by atoms with Gasteiger partial charge in [0.1, 0.15) is 11.5 Å². The van der Waals surface area contributed by atoms with Crippen LogP contribution in [0.15, 0.2) is 17.1 Å². The molecule has 0 spiro atoms. The second-order valence-electron chi connectivity index (χ2n) is 4.60. The fourth-order valence-corrected chi connectivity index (χ4v) is 1.48. The van der Waals surface area contributed by atoms with E-state index in [2.05, 4.69) is 18.8 Å². The number of ether oxygens (including phenoxy) is 1. The highest BCUT2D eigenvalue weighted by Crippen LogP contribution is 2.26. The minimum Gasteiger partial charge on any atom is -0.507 e. The number of phenolic OH excluding ortho intramolecular Hbond substituents is 1. The van der Waals surface area contributed by atoms with E-state index in [9.17, 15) is 5.11 Å². The summed E-state index contributed by atoms with van der Waals surface area (Å²) in [6.45, 7) is 6.97. The maximum Gasteiger partial charge on any atom is 0.127 e. The van der Waals surface area contributed by atoms with Gasteiger partial charge in [0.2, 0.25) is 0 Å². The van der Waals surface area contributed by atoms with Crippen LogP contribution in [0, 0.1) is 12.8 Å². The predicted octanol–water partition coefficient (Wildman–Crippen LogP) is 3.17. The maximum absolute atomic E-state index is 9.88. The number of aryl methyl sites for hydroxylation is 1. The second kappa shape index (κ2) is 6.28. The highest BCUT2D eigenvalue weighted by atomic mass is 16.5. The molecule has 1 aromatic rings. The number of methoxy groups -OCH3 is 1. The van der Waals surface area contributed by atoms with E-state index < -0.39 is 0 Å². The first kappa shape index (κ1) is 13.6. The number of aromatic hydroxyl groups is 1. The van der Waals surface area contributed by atoms with E-state index in [1.165, 1.54) is 0 Å². The van der Waals surface area contributed by atoms with Crippen molar-refractivity contribution in [2.24, 2.45) is 10.9 Å². The van der Waals surface area contributed by atoms with Gasteiger partial charge < -0.3 is 9.84 Å². The lowest BCUT2D eigenvalue weighted by molar-refractivity contribution is 0.411. The molecule has 1 rings (SSSR count). The van der Waals surface area contributed by atoms with Crippen molar-refractivity contribution in [2.75, 3.05) is 13.7 Å². The average Bonchev–Trinajstić information content (AvgIpc) is 2.29. The lowest BCUT2D eigenvalue weighted by atomic mass is 10.1. The largest absolute Gasteiger partial charge is 0.507 e. The number of aliphatic imine (C=N–C) groups is 1. The Morgan fingerprint density at radius 1 is 1.41 bits per heavy atom. The molecule has 1 aromatic carbocycles. The van der Waals surface area contributed by atoms with Crippen LogP contribution in [0.25, 0.3) is 0 Å². The Hall–Kier alpha value is -1.51. The van der Waals surface area contributed by atoms with Gasteiger partial charge in [0.25, 0.3) is 0 Å². The number of benzene rings is 1. The van der Waals surface area contributed by atoms with Gasteiger partial charge in [-0.3, -0.25) is 4.99 Å². The lowest BCUT2D eigenvalue weighted by Gasteiger charge is -2.07. The van der Waals surface area contributed by atoms with E-state index in [0.717, 1.165) is 24.3 Å². The molecular weight excluding hydrogens is 214 g/mol. The Kier molecular flexibility index (Phi) is 5.01. The molecule has 3 heteroatoms. The van der Waals surface area contributed by atoms with Crippen molar-refractivity contribution in [2.45, 2.75) is 27.2 Å². The van der Waals surface area contributed by atoms with Crippen molar-refractivity contribution >= 4 is 6.21 Å². The second-order valence-corrected chi connectivity index (χ2v) is 4.60. The summed E-state index contributed by atoms with van der Waals surface area (Å²) in [6, 6.07) is 3.60. The number of phenols is 1. The number of nitrogens with zero attached hydrogens (tertiary/aromatic N) is 1. The van der Waals surface area contributed by atoms with Crippen LogP contribution in [0.4, 0.5) is 0 Å². The van der Waals surface area contributed by atoms with Crippen LogP contribution in [-0.4, -0.2) is 25.0 Å². The van der Waals surface area contributed by atoms with Crippen molar-refractivity contribution < 1.29 is 9.84 Å². The molecule has 0 saturated heterocycles. The van der Waals surface area contributed by atoms with E-state index >= 15 is 0 Å². The zero-order valence-corrected chi connectivity index (χ0v) is 11.0. The SMILES string of the molecule is COc1cc(C)c(O)c(C=NCCC(C)C)c1. The summed E-state index contributed by atoms with van der Waals surface area (Å²) < 4.78 is 5.16. The Bertz CT molecular complexity index is 397. The summed E-state index contributed by atoms with van der Waals surface area (Å²) in [6.07, 6.45) is 2.77. The average molecular weight is 235 g/mol. The number of hydrogen-bond donors (Lipinski definition) is 1. The van der Waals surface area contributed by atoms with Gasteiger partial charge in [0.15, 0.2) is 0 Å². The first-order chi connectivity index (χ1) is 8.04. The van der Waals surface area contributed by atoms with Gasteiger partial charge in [0.05, 0.1) is 7.11 Å². The predicted molar refractivity (Wildman–Crippen MR) is 71.3 cm³/mol. The molecular formula is C14H21NO2. The summed E-state index contributed by atoms with van der Waals surface area (Å²) >= 11 is 0. The summed E-state index contributed by atoms with van der Waals surface area (Å²) in [5, 5.41) is 9.88. The number of rotatable bonds is 5. The van der Waals surface area contributed by atoms with Crippen molar-refractivity contribution in [3.8, 4) is 11.5 Å². The third kappa shape index (κ3) is 4.10. The third-order valence-corrected chi connectivity index (χ3v) is 2.61. The van der Waals surface area contributed by atoms with Crippen LogP contribution in [0.5, 0.6) is 11.5 Å². The normalized spacial score (nSPS) is 11.4. The van der Waals surface area contributed by atoms with Gasteiger partial charge in [-0.05, 0) is 37.0 Å². The molecule has 0 aliphatic heterocycles. The van der Waals surface area contributed by atoms with Crippen molar-refractivity contribution in [1.29, 1.82) is 0 Å². The molecule has 0 fully saturated rings. The van der Waals surface area contributed by atoms with Crippen molar-refractivity contribution in [1.82, 2.24) is 0 Å². The molecule has 1 N–H and O–H groups in total. The fourth-order valence-electron chi connectivity index (χ4n) is 1.48. The van der Waals surface area contributed by atoms with Crippen LogP contribution in [0.3, 0.4) is 0 Å². The third-order valence-electron chi connectivity index (χ3n) is 2.61. The summed E-state index contributed by atoms with van der Waals surface area (Å²) in [5.74, 6) is 1.66. The summed E-state index contributed by atoms with van der Waals surface area (Å²) in [4.78, 5) is 4.32. The zero-order valence-electron chi connectivity index (χ0n) is 11.0. The molecule has 0 radical (unpaired) electrons. The first-order valence-corrected chi connectivity index (χ1v) is 5.92. The van der Waals surface area contributed by atoms with Crippen molar-refractivity contribution in [3.63, 3.8) is 0 Å². The monoisotopic (exact) mass is 235 g/mol. The van der Waals surface area contributed by atoms with Gasteiger partial charge in [-0.1, -0.05) is 13.8 Å². The van der Waals surface area contributed by atoms with Gasteiger partial charge in [-0.15, -0.1) is 0 Å². The molecule has 0 aliphatic rings. The van der Waals surface area contributed by atoms with Gasteiger partial charge in [-0.2, -0.15) is 0 Å². The van der Waals surface area contributed by atoms with Crippen molar-refractivity contribution in [3.05, 3.63) is 23.3 Å². The Balaban J connectivity index is 2.79. The molecule has 0 amide bonds. The van der Waals surface area contributed by atoms with E-state index in [1.807, 2.05) is 6.92 Å². The van der Waals surface area contributed by atoms with E-state index in [-0.39, 0.29) is 5.75 Å². The van der Waals surface area contributed by atoms with Crippen LogP contribution < -0.4 is 4.74 Å². The molecule has 0 aromatic heterocycles. The Morgan fingerprint density at radius 2 is 2.12 bits per heavy atom. The van der Waals surface area contributed by atoms with E-state index in [0.29, 0.717) is 11.5 Å². The minimum absolute atomic E-state index is 0.277. The molecule has 0 aliphatic carbocycles. The van der Waals surface area contributed by atoms with Crippen LogP contribution in [0.1, 0.15) is 31.4 Å². The quantitative estimate of drug-likeness (QED) is 0.796. The molecule has 0 saturated carbocycles. The maximum atomic E-state index is 9.88. The zero-order chi connectivity index (χ0) is 12.8. The molecule has 0 atom stereocenters. The lowest BCUT2D eigenvalue weighted by Crippen LogP contribution is -1.93. The molecule has 3 nitrogen and oxygen atoms in total. The molecule has 94 valence electrons. The Labute approximate surface area is 103 Å². The highest BCUT2D eigenvalue weighted by molar-refractivity contribution is 5.84. The Morgan fingerprint density at radius 3 is 2.71 bits per heavy atom. The fraction of sp³-hybridized carbons (Fsp3) is 0.500. The van der Waals surface area contributed by atoms with Crippen LogP contribution >= 0.6 is 0 Å². The first-order valence-electron chi connectivity index (χ1n) is 5.92. The summed E-state index contributed by atoms with van der Waals surface area (Å²) in [5.41, 5.74) is 1.51. The smallest absolute Gasteiger partial charge is 0.127 e.